The first-order valence-corrected chi connectivity index (χ1v) is 8.48. The molecule has 1 aromatic rings. The minimum absolute atomic E-state index is 0.216. The van der Waals surface area contributed by atoms with E-state index in [-0.39, 0.29) is 12.4 Å². The molecule has 1 saturated heterocycles. The summed E-state index contributed by atoms with van der Waals surface area (Å²) < 4.78 is 18.7. The predicted octanol–water partition coefficient (Wildman–Crippen LogP) is 2.13. The van der Waals surface area contributed by atoms with Gasteiger partial charge in [-0.15, -0.1) is 6.42 Å². The highest BCUT2D eigenvalue weighted by Gasteiger charge is 2.23. The zero-order valence-corrected chi connectivity index (χ0v) is 14.5. The van der Waals surface area contributed by atoms with E-state index in [2.05, 4.69) is 15.7 Å². The van der Waals surface area contributed by atoms with Crippen LogP contribution in [0.2, 0.25) is 0 Å². The van der Waals surface area contributed by atoms with Crippen molar-refractivity contribution < 1.29 is 14.2 Å². The zero-order chi connectivity index (χ0) is 17.6. The third-order valence-corrected chi connectivity index (χ3v) is 4.61. The molecule has 0 saturated carbocycles. The standard InChI is InChI=1S/C19H27FN2O2/c1-4-19(3,5-2)24-15-18(23)14-21-10-12-22(13-11-21)17-8-6-16(20)7-9-17/h1,6-9,18,23H,5,10-15H2,2-3H3/t18-,19+/m0/s1. The van der Waals surface area contributed by atoms with Crippen molar-refractivity contribution in [2.75, 3.05) is 44.2 Å². The topological polar surface area (TPSA) is 35.9 Å². The average Bonchev–Trinajstić information content (AvgIpc) is 2.61. The lowest BCUT2D eigenvalue weighted by Crippen LogP contribution is -2.49. The van der Waals surface area contributed by atoms with Crippen LogP contribution in [0.1, 0.15) is 20.3 Å². The molecule has 0 spiro atoms. The summed E-state index contributed by atoms with van der Waals surface area (Å²) in [5, 5.41) is 10.2. The molecule has 2 rings (SSSR count). The summed E-state index contributed by atoms with van der Waals surface area (Å²) >= 11 is 0. The fourth-order valence-electron chi connectivity index (χ4n) is 2.72. The largest absolute Gasteiger partial charge is 0.389 e. The number of rotatable bonds is 7. The maximum Gasteiger partial charge on any atom is 0.125 e. The first-order valence-electron chi connectivity index (χ1n) is 8.48. The average molecular weight is 334 g/mol. The molecular formula is C19H27FN2O2. The van der Waals surface area contributed by atoms with E-state index in [4.69, 9.17) is 11.2 Å². The lowest BCUT2D eigenvalue weighted by atomic mass is 10.1. The van der Waals surface area contributed by atoms with Gasteiger partial charge in [-0.3, -0.25) is 4.90 Å². The van der Waals surface area contributed by atoms with Gasteiger partial charge in [0.1, 0.15) is 11.4 Å². The van der Waals surface area contributed by atoms with Gasteiger partial charge in [-0.05, 0) is 37.6 Å². The number of β-amino-alcohol motifs (C(OH)–C–C–N with tert-alkyl or cyclic N) is 1. The third kappa shape index (κ3) is 5.20. The van der Waals surface area contributed by atoms with Gasteiger partial charge in [0.05, 0.1) is 12.7 Å². The van der Waals surface area contributed by atoms with Crippen molar-refractivity contribution in [3.05, 3.63) is 30.1 Å². The van der Waals surface area contributed by atoms with E-state index in [1.165, 1.54) is 12.1 Å². The summed E-state index contributed by atoms with van der Waals surface area (Å²) in [6.45, 7) is 8.08. The van der Waals surface area contributed by atoms with Crippen LogP contribution < -0.4 is 4.90 Å². The monoisotopic (exact) mass is 334 g/mol. The summed E-state index contributed by atoms with van der Waals surface area (Å²) in [6, 6.07) is 6.58. The van der Waals surface area contributed by atoms with Crippen molar-refractivity contribution in [1.82, 2.24) is 4.90 Å². The molecule has 1 aliphatic heterocycles. The van der Waals surface area contributed by atoms with Crippen LogP contribution in [0.4, 0.5) is 10.1 Å². The van der Waals surface area contributed by atoms with E-state index in [0.29, 0.717) is 13.0 Å². The Kier molecular flexibility index (Phi) is 6.61. The lowest BCUT2D eigenvalue weighted by molar-refractivity contribution is -0.0473. The maximum absolute atomic E-state index is 13.0. The van der Waals surface area contributed by atoms with E-state index < -0.39 is 11.7 Å². The molecule has 2 atom stereocenters. The smallest absolute Gasteiger partial charge is 0.125 e. The van der Waals surface area contributed by atoms with Gasteiger partial charge in [0.2, 0.25) is 0 Å². The van der Waals surface area contributed by atoms with Crippen molar-refractivity contribution in [1.29, 1.82) is 0 Å². The van der Waals surface area contributed by atoms with Crippen LogP contribution in [0.3, 0.4) is 0 Å². The fraction of sp³-hybridized carbons (Fsp3) is 0.579. The molecule has 0 unspecified atom stereocenters. The summed E-state index contributed by atoms with van der Waals surface area (Å²) in [4.78, 5) is 4.44. The van der Waals surface area contributed by atoms with Gasteiger partial charge in [0.25, 0.3) is 0 Å². The number of nitrogens with zero attached hydrogens (tertiary/aromatic N) is 2. The number of benzene rings is 1. The quantitative estimate of drug-likeness (QED) is 0.775. The molecule has 5 heteroatoms. The summed E-state index contributed by atoms with van der Waals surface area (Å²) in [5.41, 5.74) is 0.426. The molecule has 0 amide bonds. The van der Waals surface area contributed by atoms with Crippen LogP contribution in [0, 0.1) is 18.2 Å². The van der Waals surface area contributed by atoms with Gasteiger partial charge in [0, 0.05) is 38.4 Å². The van der Waals surface area contributed by atoms with E-state index in [0.717, 1.165) is 31.9 Å². The highest BCUT2D eigenvalue weighted by atomic mass is 19.1. The van der Waals surface area contributed by atoms with Gasteiger partial charge in [-0.2, -0.15) is 0 Å². The highest BCUT2D eigenvalue weighted by molar-refractivity contribution is 5.46. The van der Waals surface area contributed by atoms with Crippen molar-refractivity contribution >= 4 is 5.69 Å². The third-order valence-electron chi connectivity index (χ3n) is 4.61. The molecule has 1 aromatic carbocycles. The van der Waals surface area contributed by atoms with Crippen LogP contribution in [0.25, 0.3) is 0 Å². The van der Waals surface area contributed by atoms with Crippen LogP contribution in [0.15, 0.2) is 24.3 Å². The predicted molar refractivity (Wildman–Crippen MR) is 94.5 cm³/mol. The summed E-state index contributed by atoms with van der Waals surface area (Å²) in [7, 11) is 0. The molecule has 0 bridgehead atoms. The number of terminal acetylenes is 1. The fourth-order valence-corrected chi connectivity index (χ4v) is 2.72. The number of hydrogen-bond donors (Lipinski definition) is 1. The Morgan fingerprint density at radius 2 is 1.92 bits per heavy atom. The van der Waals surface area contributed by atoms with Crippen molar-refractivity contribution in [3.63, 3.8) is 0 Å². The molecular weight excluding hydrogens is 307 g/mol. The SMILES string of the molecule is C#C[C@](C)(CC)OC[C@@H](O)CN1CCN(c2ccc(F)cc2)CC1. The van der Waals surface area contributed by atoms with Gasteiger partial charge in [-0.1, -0.05) is 12.8 Å². The molecule has 0 aliphatic carbocycles. The Balaban J connectivity index is 1.74. The van der Waals surface area contributed by atoms with Gasteiger partial charge in [-0.25, -0.2) is 4.39 Å². The Bertz CT molecular complexity index is 549. The number of aliphatic hydroxyl groups excluding tert-OH is 1. The molecule has 4 nitrogen and oxygen atoms in total. The molecule has 1 N–H and O–H groups in total. The number of piperazine rings is 1. The number of hydrogen-bond acceptors (Lipinski definition) is 4. The first-order chi connectivity index (χ1) is 11.5. The first kappa shape index (κ1) is 18.7. The van der Waals surface area contributed by atoms with Crippen LogP contribution in [0.5, 0.6) is 0 Å². The second kappa shape index (κ2) is 8.48. The number of anilines is 1. The highest BCUT2D eigenvalue weighted by Crippen LogP contribution is 2.17. The normalized spacial score (nSPS) is 19.5. The van der Waals surface area contributed by atoms with Gasteiger partial charge < -0.3 is 14.7 Å². The van der Waals surface area contributed by atoms with E-state index in [1.807, 2.05) is 13.8 Å². The van der Waals surface area contributed by atoms with E-state index >= 15 is 0 Å². The number of ether oxygens (including phenoxy) is 1. The van der Waals surface area contributed by atoms with Gasteiger partial charge >= 0.3 is 0 Å². The van der Waals surface area contributed by atoms with Crippen molar-refractivity contribution in [2.45, 2.75) is 32.0 Å². The Labute approximate surface area is 144 Å². The Morgan fingerprint density at radius 1 is 1.29 bits per heavy atom. The van der Waals surface area contributed by atoms with E-state index in [9.17, 15) is 9.50 Å². The molecule has 0 aromatic heterocycles. The van der Waals surface area contributed by atoms with Crippen LogP contribution in [-0.4, -0.2) is 61.0 Å². The number of halogens is 1. The van der Waals surface area contributed by atoms with Gasteiger partial charge in [0.15, 0.2) is 0 Å². The lowest BCUT2D eigenvalue weighted by Gasteiger charge is -2.37. The molecule has 1 fully saturated rings. The van der Waals surface area contributed by atoms with Crippen LogP contribution in [-0.2, 0) is 4.74 Å². The molecule has 132 valence electrons. The zero-order valence-electron chi connectivity index (χ0n) is 14.5. The Morgan fingerprint density at radius 3 is 2.46 bits per heavy atom. The number of aliphatic hydroxyl groups is 1. The second-order valence-corrected chi connectivity index (χ2v) is 6.46. The van der Waals surface area contributed by atoms with Crippen molar-refractivity contribution in [3.8, 4) is 12.3 Å². The maximum atomic E-state index is 13.0. The minimum atomic E-state index is -0.609. The summed E-state index contributed by atoms with van der Waals surface area (Å²) in [6.07, 6.45) is 5.63. The molecule has 0 radical (unpaired) electrons. The second-order valence-electron chi connectivity index (χ2n) is 6.46. The van der Waals surface area contributed by atoms with Crippen molar-refractivity contribution in [2.24, 2.45) is 0 Å². The minimum Gasteiger partial charge on any atom is -0.389 e. The van der Waals surface area contributed by atoms with Crippen LogP contribution >= 0.6 is 0 Å². The molecule has 1 heterocycles. The van der Waals surface area contributed by atoms with E-state index in [1.54, 1.807) is 12.1 Å². The Hall–Kier alpha value is -1.61. The summed E-state index contributed by atoms with van der Waals surface area (Å²) in [5.74, 6) is 2.42. The molecule has 24 heavy (non-hydrogen) atoms. The molecule has 1 aliphatic rings.